The van der Waals surface area contributed by atoms with Crippen LogP contribution in [0, 0.1) is 0 Å². The van der Waals surface area contributed by atoms with Crippen molar-refractivity contribution in [3.63, 3.8) is 0 Å². The lowest BCUT2D eigenvalue weighted by molar-refractivity contribution is -0.104. The fourth-order valence-corrected chi connectivity index (χ4v) is 0.528. The summed E-state index contributed by atoms with van der Waals surface area (Å²) in [5.41, 5.74) is -0.135. The molecule has 0 saturated carbocycles. The van der Waals surface area contributed by atoms with Crippen LogP contribution in [-0.2, 0) is 4.79 Å². The van der Waals surface area contributed by atoms with Crippen LogP contribution in [0.25, 0.3) is 0 Å². The van der Waals surface area contributed by atoms with E-state index in [4.69, 9.17) is 0 Å². The third-order valence-corrected chi connectivity index (χ3v) is 1.07. The highest BCUT2D eigenvalue weighted by atomic mass is 79.9. The Labute approximate surface area is 61.4 Å². The summed E-state index contributed by atoms with van der Waals surface area (Å²) in [5, 5.41) is 0. The Bertz CT molecular complexity index is 168. The molecule has 0 spiro atoms. The molecule has 50 valence electrons. The molecule has 0 unspecified atom stereocenters. The van der Waals surface area contributed by atoms with Crippen LogP contribution in [0.5, 0.6) is 0 Å². The largest absolute Gasteiger partial charge is 0.298 e. The zero-order chi connectivity index (χ0) is 7.44. The number of allylic oxidation sites excluding steroid dienone is 3. The first-order valence-corrected chi connectivity index (χ1v) is 3.05. The fraction of sp³-hybridized carbons (Fsp3) is 0.167. The van der Waals surface area contributed by atoms with Crippen molar-refractivity contribution < 1.29 is 9.18 Å². The fourth-order valence-electron chi connectivity index (χ4n) is 0.273. The van der Waals surface area contributed by atoms with Crippen LogP contribution in [0.4, 0.5) is 4.39 Å². The lowest BCUT2D eigenvalue weighted by Gasteiger charge is -1.91. The Hall–Kier alpha value is -0.440. The van der Waals surface area contributed by atoms with Gasteiger partial charge >= 0.3 is 0 Å². The number of rotatable bonds is 2. The standard InChI is InChI=1S/C6H6BrFO/c1-4(3-9)6(8)5(2)7/h3H,1H2,2H3/b6-5-. The molecule has 1 nitrogen and oxygen atoms in total. The van der Waals surface area contributed by atoms with Gasteiger partial charge in [0.1, 0.15) is 5.83 Å². The van der Waals surface area contributed by atoms with Crippen LogP contribution >= 0.6 is 15.9 Å². The van der Waals surface area contributed by atoms with Gasteiger partial charge in [0.25, 0.3) is 0 Å². The van der Waals surface area contributed by atoms with Gasteiger partial charge < -0.3 is 0 Å². The summed E-state index contributed by atoms with van der Waals surface area (Å²) in [4.78, 5) is 9.86. The van der Waals surface area contributed by atoms with Gasteiger partial charge in [-0.1, -0.05) is 22.5 Å². The molecule has 0 aliphatic carbocycles. The molecule has 0 saturated heterocycles. The Kier molecular flexibility index (Phi) is 3.39. The first-order valence-electron chi connectivity index (χ1n) is 2.26. The summed E-state index contributed by atoms with van der Waals surface area (Å²) in [6.45, 7) is 4.67. The monoisotopic (exact) mass is 192 g/mol. The first kappa shape index (κ1) is 8.56. The minimum atomic E-state index is -0.593. The smallest absolute Gasteiger partial charge is 0.152 e. The van der Waals surface area contributed by atoms with Gasteiger partial charge in [-0.25, -0.2) is 4.39 Å². The van der Waals surface area contributed by atoms with Gasteiger partial charge in [0, 0.05) is 10.1 Å². The molecule has 0 aromatic rings. The molecule has 0 aromatic carbocycles. The van der Waals surface area contributed by atoms with E-state index in [0.717, 1.165) is 0 Å². The van der Waals surface area contributed by atoms with Crippen molar-refractivity contribution in [1.82, 2.24) is 0 Å². The zero-order valence-corrected chi connectivity index (χ0v) is 6.53. The highest BCUT2D eigenvalue weighted by Crippen LogP contribution is 2.17. The van der Waals surface area contributed by atoms with Crippen molar-refractivity contribution in [2.24, 2.45) is 0 Å². The normalized spacial score (nSPS) is 12.3. The maximum atomic E-state index is 12.4. The lowest BCUT2D eigenvalue weighted by Crippen LogP contribution is -1.82. The minimum Gasteiger partial charge on any atom is -0.298 e. The Morgan fingerprint density at radius 1 is 1.78 bits per heavy atom. The SMILES string of the molecule is C=C(C=O)/C(F)=C(\C)Br. The maximum absolute atomic E-state index is 12.4. The average Bonchev–Trinajstić information content (AvgIpc) is 1.84. The van der Waals surface area contributed by atoms with Crippen LogP contribution in [0.2, 0.25) is 0 Å². The van der Waals surface area contributed by atoms with Crippen molar-refractivity contribution in [3.8, 4) is 0 Å². The number of carbonyl (C=O) groups excluding carboxylic acids is 1. The molecule has 0 amide bonds. The van der Waals surface area contributed by atoms with Crippen LogP contribution < -0.4 is 0 Å². The van der Waals surface area contributed by atoms with E-state index >= 15 is 0 Å². The van der Waals surface area contributed by atoms with Crippen LogP contribution in [0.1, 0.15) is 6.92 Å². The van der Waals surface area contributed by atoms with Gasteiger partial charge in [-0.15, -0.1) is 0 Å². The summed E-state index contributed by atoms with van der Waals surface area (Å²) in [5.74, 6) is -0.593. The molecule has 0 aromatic heterocycles. The summed E-state index contributed by atoms with van der Waals surface area (Å²) < 4.78 is 12.7. The van der Waals surface area contributed by atoms with Crippen molar-refractivity contribution in [2.75, 3.05) is 0 Å². The highest BCUT2D eigenvalue weighted by Gasteiger charge is 2.01. The number of halogens is 2. The molecule has 0 rings (SSSR count). The van der Waals surface area contributed by atoms with E-state index in [9.17, 15) is 9.18 Å². The van der Waals surface area contributed by atoms with E-state index in [2.05, 4.69) is 22.5 Å². The van der Waals surface area contributed by atoms with Crippen molar-refractivity contribution in [3.05, 3.63) is 22.5 Å². The Balaban J connectivity index is 4.39. The third kappa shape index (κ3) is 2.56. The summed E-state index contributed by atoms with van der Waals surface area (Å²) >= 11 is 2.87. The van der Waals surface area contributed by atoms with Crippen molar-refractivity contribution >= 4 is 22.2 Å². The molecule has 3 heteroatoms. The van der Waals surface area contributed by atoms with Gasteiger partial charge in [0.05, 0.1) is 0 Å². The molecule has 0 fully saturated rings. The van der Waals surface area contributed by atoms with E-state index in [-0.39, 0.29) is 5.57 Å². The van der Waals surface area contributed by atoms with Crippen molar-refractivity contribution in [1.29, 1.82) is 0 Å². The maximum Gasteiger partial charge on any atom is 0.152 e. The predicted octanol–water partition coefficient (Wildman–Crippen LogP) is 2.34. The van der Waals surface area contributed by atoms with Gasteiger partial charge in [0.15, 0.2) is 6.29 Å². The number of carbonyl (C=O) groups is 1. The number of aldehydes is 1. The third-order valence-electron chi connectivity index (χ3n) is 0.727. The molecular weight excluding hydrogens is 187 g/mol. The van der Waals surface area contributed by atoms with E-state index in [0.29, 0.717) is 10.8 Å². The number of hydrogen-bond donors (Lipinski definition) is 0. The molecule has 0 heterocycles. The molecular formula is C6H6BrFO. The summed E-state index contributed by atoms with van der Waals surface area (Å²) in [6.07, 6.45) is 0.375. The molecule has 0 aliphatic heterocycles. The van der Waals surface area contributed by atoms with Crippen LogP contribution in [-0.4, -0.2) is 6.29 Å². The summed E-state index contributed by atoms with van der Waals surface area (Å²) in [7, 11) is 0. The second-order valence-electron chi connectivity index (χ2n) is 1.49. The predicted molar refractivity (Wildman–Crippen MR) is 37.9 cm³/mol. The molecule has 0 aliphatic rings. The second kappa shape index (κ2) is 3.56. The molecule has 0 atom stereocenters. The van der Waals surface area contributed by atoms with E-state index in [1.54, 1.807) is 0 Å². The van der Waals surface area contributed by atoms with Gasteiger partial charge in [-0.2, -0.15) is 0 Å². The highest BCUT2D eigenvalue weighted by molar-refractivity contribution is 9.11. The van der Waals surface area contributed by atoms with Gasteiger partial charge in [-0.05, 0) is 6.92 Å². The topological polar surface area (TPSA) is 17.1 Å². The lowest BCUT2D eigenvalue weighted by atomic mass is 10.3. The first-order chi connectivity index (χ1) is 4.09. The zero-order valence-electron chi connectivity index (χ0n) is 4.95. The summed E-state index contributed by atoms with van der Waals surface area (Å²) in [6, 6.07) is 0. The van der Waals surface area contributed by atoms with E-state index < -0.39 is 5.83 Å². The molecule has 0 N–H and O–H groups in total. The number of hydrogen-bond acceptors (Lipinski definition) is 1. The van der Waals surface area contributed by atoms with Gasteiger partial charge in [0.2, 0.25) is 0 Å². The molecule has 0 bridgehead atoms. The van der Waals surface area contributed by atoms with Gasteiger partial charge in [-0.3, -0.25) is 4.79 Å². The average molecular weight is 193 g/mol. The molecule has 9 heavy (non-hydrogen) atoms. The second-order valence-corrected chi connectivity index (χ2v) is 2.68. The quantitative estimate of drug-likeness (QED) is 0.373. The van der Waals surface area contributed by atoms with Crippen LogP contribution in [0.15, 0.2) is 22.5 Å². The van der Waals surface area contributed by atoms with Crippen LogP contribution in [0.3, 0.4) is 0 Å². The Morgan fingerprint density at radius 2 is 2.22 bits per heavy atom. The minimum absolute atomic E-state index is 0.135. The van der Waals surface area contributed by atoms with E-state index in [1.807, 2.05) is 0 Å². The molecule has 0 radical (unpaired) electrons. The van der Waals surface area contributed by atoms with E-state index in [1.165, 1.54) is 6.92 Å². The van der Waals surface area contributed by atoms with Crippen molar-refractivity contribution in [2.45, 2.75) is 6.92 Å². The Morgan fingerprint density at radius 3 is 2.33 bits per heavy atom.